The number of carbonyl (C=O) groups excluding carboxylic acids is 1. The molecule has 1 fully saturated rings. The summed E-state index contributed by atoms with van der Waals surface area (Å²) in [4.78, 5) is 14.8. The van der Waals surface area contributed by atoms with Gasteiger partial charge in [0.2, 0.25) is 0 Å². The smallest absolute Gasteiger partial charge is 0.254 e. The summed E-state index contributed by atoms with van der Waals surface area (Å²) in [5.41, 5.74) is 6.96. The highest BCUT2D eigenvalue weighted by Gasteiger charge is 2.32. The van der Waals surface area contributed by atoms with Crippen molar-refractivity contribution in [1.29, 1.82) is 0 Å². The number of nitrogen functional groups attached to an aromatic ring is 1. The third-order valence-electron chi connectivity index (χ3n) is 4.35. The van der Waals surface area contributed by atoms with Gasteiger partial charge in [-0.15, -0.1) is 5.10 Å². The standard InChI is InChI=1S/C17H18N4O3/c18-16-6-4-12(19-20-16)13-2-1-7-21(13)17(22)11-3-5-14-15(10-11)24-9-8-23-14/h3-6,10,13H,1-2,7-9H2,(H2,18,20). The van der Waals surface area contributed by atoms with Crippen molar-refractivity contribution in [2.24, 2.45) is 0 Å². The van der Waals surface area contributed by atoms with Crippen LogP contribution in [0.3, 0.4) is 0 Å². The molecule has 2 aliphatic rings. The van der Waals surface area contributed by atoms with E-state index in [2.05, 4.69) is 10.2 Å². The Balaban J connectivity index is 1.60. The lowest BCUT2D eigenvalue weighted by molar-refractivity contribution is 0.0731. The van der Waals surface area contributed by atoms with Crippen LogP contribution in [-0.2, 0) is 0 Å². The largest absolute Gasteiger partial charge is 0.486 e. The number of nitrogens with two attached hydrogens (primary N) is 1. The van der Waals surface area contributed by atoms with Crippen LogP contribution in [0.4, 0.5) is 5.82 Å². The molecule has 1 unspecified atom stereocenters. The van der Waals surface area contributed by atoms with Gasteiger partial charge in [0.25, 0.3) is 5.91 Å². The Morgan fingerprint density at radius 1 is 1.12 bits per heavy atom. The highest BCUT2D eigenvalue weighted by atomic mass is 16.6. The van der Waals surface area contributed by atoms with Crippen LogP contribution in [-0.4, -0.2) is 40.8 Å². The highest BCUT2D eigenvalue weighted by Crippen LogP contribution is 2.35. The van der Waals surface area contributed by atoms with Crippen molar-refractivity contribution in [3.05, 3.63) is 41.6 Å². The number of fused-ring (bicyclic) bond motifs is 1. The molecule has 7 heteroatoms. The lowest BCUT2D eigenvalue weighted by Gasteiger charge is -2.25. The van der Waals surface area contributed by atoms with E-state index in [4.69, 9.17) is 15.2 Å². The quantitative estimate of drug-likeness (QED) is 0.905. The topological polar surface area (TPSA) is 90.6 Å². The number of carbonyl (C=O) groups is 1. The molecule has 1 aromatic carbocycles. The van der Waals surface area contributed by atoms with Gasteiger partial charge in [-0.25, -0.2) is 0 Å². The van der Waals surface area contributed by atoms with Crippen LogP contribution < -0.4 is 15.2 Å². The molecule has 24 heavy (non-hydrogen) atoms. The molecule has 1 amide bonds. The van der Waals surface area contributed by atoms with Crippen molar-refractivity contribution in [1.82, 2.24) is 15.1 Å². The average molecular weight is 326 g/mol. The van der Waals surface area contributed by atoms with Crippen molar-refractivity contribution in [3.63, 3.8) is 0 Å². The van der Waals surface area contributed by atoms with E-state index in [-0.39, 0.29) is 11.9 Å². The molecular formula is C17H18N4O3. The molecule has 0 aliphatic carbocycles. The maximum Gasteiger partial charge on any atom is 0.254 e. The van der Waals surface area contributed by atoms with E-state index in [9.17, 15) is 4.79 Å². The molecule has 1 atom stereocenters. The molecule has 3 heterocycles. The number of nitrogens with zero attached hydrogens (tertiary/aromatic N) is 3. The van der Waals surface area contributed by atoms with E-state index in [0.717, 1.165) is 18.5 Å². The van der Waals surface area contributed by atoms with E-state index < -0.39 is 0 Å². The second-order valence-corrected chi connectivity index (χ2v) is 5.90. The number of rotatable bonds is 2. The summed E-state index contributed by atoms with van der Waals surface area (Å²) in [7, 11) is 0. The van der Waals surface area contributed by atoms with E-state index in [1.165, 1.54) is 0 Å². The van der Waals surface area contributed by atoms with Gasteiger partial charge in [-0.1, -0.05) is 0 Å². The minimum atomic E-state index is -0.0706. The van der Waals surface area contributed by atoms with E-state index >= 15 is 0 Å². The summed E-state index contributed by atoms with van der Waals surface area (Å²) in [6.45, 7) is 1.73. The molecule has 4 rings (SSSR count). The van der Waals surface area contributed by atoms with Crippen molar-refractivity contribution in [3.8, 4) is 11.5 Å². The average Bonchev–Trinajstić information content (AvgIpc) is 3.11. The van der Waals surface area contributed by atoms with Crippen LogP contribution >= 0.6 is 0 Å². The van der Waals surface area contributed by atoms with E-state index in [1.807, 2.05) is 11.0 Å². The van der Waals surface area contributed by atoms with Crippen LogP contribution in [0.2, 0.25) is 0 Å². The maximum absolute atomic E-state index is 12.9. The molecule has 0 bridgehead atoms. The van der Waals surface area contributed by atoms with Gasteiger partial charge >= 0.3 is 0 Å². The molecule has 0 radical (unpaired) electrons. The zero-order valence-corrected chi connectivity index (χ0v) is 13.1. The number of hydrogen-bond donors (Lipinski definition) is 1. The number of ether oxygens (including phenoxy) is 2. The van der Waals surface area contributed by atoms with Gasteiger partial charge in [-0.3, -0.25) is 4.79 Å². The molecule has 0 saturated carbocycles. The molecule has 1 aromatic heterocycles. The fourth-order valence-corrected chi connectivity index (χ4v) is 3.19. The monoisotopic (exact) mass is 326 g/mol. The van der Waals surface area contributed by atoms with Crippen molar-refractivity contribution < 1.29 is 14.3 Å². The zero-order valence-electron chi connectivity index (χ0n) is 13.1. The summed E-state index contributed by atoms with van der Waals surface area (Å²) in [6.07, 6.45) is 1.81. The van der Waals surface area contributed by atoms with Gasteiger partial charge in [-0.2, -0.15) is 5.10 Å². The predicted molar refractivity (Wildman–Crippen MR) is 86.9 cm³/mol. The molecule has 7 nitrogen and oxygen atoms in total. The zero-order chi connectivity index (χ0) is 16.5. The second kappa shape index (κ2) is 5.99. The minimum Gasteiger partial charge on any atom is -0.486 e. The molecular weight excluding hydrogens is 308 g/mol. The fraction of sp³-hybridized carbons (Fsp3) is 0.353. The Hall–Kier alpha value is -2.83. The van der Waals surface area contributed by atoms with Gasteiger partial charge < -0.3 is 20.1 Å². The highest BCUT2D eigenvalue weighted by molar-refractivity contribution is 5.95. The maximum atomic E-state index is 12.9. The first kappa shape index (κ1) is 14.7. The first-order chi connectivity index (χ1) is 11.7. The van der Waals surface area contributed by atoms with E-state index in [1.54, 1.807) is 24.3 Å². The van der Waals surface area contributed by atoms with Crippen molar-refractivity contribution in [2.45, 2.75) is 18.9 Å². The van der Waals surface area contributed by atoms with Gasteiger partial charge in [0, 0.05) is 12.1 Å². The summed E-state index contributed by atoms with van der Waals surface area (Å²) in [6, 6.07) is 8.80. The molecule has 124 valence electrons. The fourth-order valence-electron chi connectivity index (χ4n) is 3.19. The lowest BCUT2D eigenvalue weighted by Crippen LogP contribution is -2.31. The summed E-state index contributed by atoms with van der Waals surface area (Å²) < 4.78 is 11.1. The van der Waals surface area contributed by atoms with Gasteiger partial charge in [-0.05, 0) is 43.2 Å². The summed E-state index contributed by atoms with van der Waals surface area (Å²) >= 11 is 0. The first-order valence-electron chi connectivity index (χ1n) is 8.02. The molecule has 1 saturated heterocycles. The van der Waals surface area contributed by atoms with Gasteiger partial charge in [0.15, 0.2) is 11.5 Å². The van der Waals surface area contributed by atoms with Crippen LogP contribution in [0.15, 0.2) is 30.3 Å². The number of aromatic nitrogens is 2. The molecule has 2 N–H and O–H groups in total. The second-order valence-electron chi connectivity index (χ2n) is 5.90. The Morgan fingerprint density at radius 2 is 1.96 bits per heavy atom. The number of likely N-dealkylation sites (tertiary alicyclic amines) is 1. The Morgan fingerprint density at radius 3 is 2.75 bits per heavy atom. The first-order valence-corrected chi connectivity index (χ1v) is 8.02. The van der Waals surface area contributed by atoms with Crippen LogP contribution in [0.5, 0.6) is 11.5 Å². The van der Waals surface area contributed by atoms with Crippen LogP contribution in [0.1, 0.15) is 34.9 Å². The SMILES string of the molecule is Nc1ccc(C2CCCN2C(=O)c2ccc3c(c2)OCCO3)nn1. The third-order valence-corrected chi connectivity index (χ3v) is 4.35. The minimum absolute atomic E-state index is 0.0342. The van der Waals surface area contributed by atoms with E-state index in [0.29, 0.717) is 42.6 Å². The summed E-state index contributed by atoms with van der Waals surface area (Å²) in [5.74, 6) is 1.64. The molecule has 2 aromatic rings. The molecule has 2 aliphatic heterocycles. The van der Waals surface area contributed by atoms with Crippen molar-refractivity contribution in [2.75, 3.05) is 25.5 Å². The predicted octanol–water partition coefficient (Wildman–Crippen LogP) is 1.81. The number of anilines is 1. The lowest BCUT2D eigenvalue weighted by atomic mass is 10.1. The third kappa shape index (κ3) is 2.62. The Kier molecular flexibility index (Phi) is 3.68. The van der Waals surface area contributed by atoms with Crippen molar-refractivity contribution >= 4 is 11.7 Å². The summed E-state index contributed by atoms with van der Waals surface area (Å²) in [5, 5.41) is 8.04. The normalized spacial score (nSPS) is 19.3. The Bertz CT molecular complexity index is 763. The number of hydrogen-bond acceptors (Lipinski definition) is 6. The number of amides is 1. The van der Waals surface area contributed by atoms with Crippen LogP contribution in [0, 0.1) is 0 Å². The Labute approximate surface area is 139 Å². The van der Waals surface area contributed by atoms with Gasteiger partial charge in [0.1, 0.15) is 19.0 Å². The van der Waals surface area contributed by atoms with Gasteiger partial charge in [0.05, 0.1) is 11.7 Å². The number of benzene rings is 1. The van der Waals surface area contributed by atoms with Crippen LogP contribution in [0.25, 0.3) is 0 Å². The molecule has 0 spiro atoms.